The van der Waals surface area contributed by atoms with Gasteiger partial charge in [-0.15, -0.1) is 0 Å². The van der Waals surface area contributed by atoms with E-state index < -0.39 is 22.4 Å². The molecular weight excluding hydrogens is 335 g/mol. The van der Waals surface area contributed by atoms with Crippen molar-refractivity contribution in [2.45, 2.75) is 12.5 Å². The van der Waals surface area contributed by atoms with Crippen LogP contribution in [0.1, 0.15) is 5.56 Å². The Morgan fingerprint density at radius 1 is 1.14 bits per heavy atom. The quantitative estimate of drug-likeness (QED) is 0.309. The molecule has 0 aliphatic heterocycles. The molecule has 1 aromatic rings. The normalized spacial score (nSPS) is 10.4. The number of aromatic hydroxyl groups is 1. The van der Waals surface area contributed by atoms with E-state index >= 15 is 0 Å². The molecule has 0 aromatic heterocycles. The van der Waals surface area contributed by atoms with Crippen molar-refractivity contribution in [1.82, 2.24) is 0 Å². The van der Waals surface area contributed by atoms with E-state index in [1.807, 2.05) is 0 Å². The maximum absolute atomic E-state index is 10.3. The van der Waals surface area contributed by atoms with Crippen LogP contribution < -0.4 is 99.5 Å². The first kappa shape index (κ1) is 30.2. The largest absolute Gasteiger partial charge is 1.00 e. The molecule has 0 aliphatic carbocycles. The Morgan fingerprint density at radius 2 is 1.48 bits per heavy atom. The second-order valence-corrected chi connectivity index (χ2v) is 4.02. The van der Waals surface area contributed by atoms with Crippen molar-refractivity contribution < 1.29 is 121 Å². The average Bonchev–Trinajstić information content (AvgIpc) is 2.18. The minimum absolute atomic E-state index is 0. The average molecular weight is 345 g/mol. The van der Waals surface area contributed by atoms with Crippen LogP contribution in [-0.4, -0.2) is 34.6 Å². The van der Waals surface area contributed by atoms with Crippen LogP contribution in [0.25, 0.3) is 0 Å². The van der Waals surface area contributed by atoms with E-state index in [0.717, 1.165) is 5.56 Å². The van der Waals surface area contributed by atoms with E-state index in [1.54, 1.807) is 12.1 Å². The van der Waals surface area contributed by atoms with Gasteiger partial charge in [0.25, 0.3) is 0 Å². The SMILES string of the molecule is N[C@H](Cc1ccc(O)cc1)C(=O)[O-].O=S(=O)([O-])[O-].[Na+].[Na+].[Na+]. The third-order valence-corrected chi connectivity index (χ3v) is 1.69. The molecule has 0 amide bonds. The van der Waals surface area contributed by atoms with Gasteiger partial charge in [0.1, 0.15) is 5.75 Å². The number of carbonyl (C=O) groups excluding carboxylic acids is 1. The number of carboxylic acids is 1. The molecule has 0 unspecified atom stereocenters. The summed E-state index contributed by atoms with van der Waals surface area (Å²) >= 11 is 0. The van der Waals surface area contributed by atoms with Crippen LogP contribution in [0.2, 0.25) is 0 Å². The van der Waals surface area contributed by atoms with E-state index in [0.29, 0.717) is 0 Å². The minimum Gasteiger partial charge on any atom is -0.759 e. The molecular formula is C9H10NNa3O7S. The summed E-state index contributed by atoms with van der Waals surface area (Å²) in [4.78, 5) is 10.3. The van der Waals surface area contributed by atoms with Crippen LogP contribution in [0.15, 0.2) is 24.3 Å². The van der Waals surface area contributed by atoms with Gasteiger partial charge in [0.05, 0.1) is 5.97 Å². The van der Waals surface area contributed by atoms with Gasteiger partial charge >= 0.3 is 88.7 Å². The molecule has 0 spiro atoms. The first-order chi connectivity index (χ1) is 8.09. The maximum Gasteiger partial charge on any atom is 1.00 e. The number of rotatable bonds is 3. The Bertz CT molecular complexity index is 487. The standard InChI is InChI=1S/C9H11NO3.3Na.H2O4S/c10-8(9(12)13)5-6-1-3-7(11)4-2-6;;;;1-5(2,3)4/h1-4,8,11H,5,10H2,(H,12,13);;;;(H2,1,2,3,4)/q;3*+1;/p-3/t8-;;;;/m1..../s1. The van der Waals surface area contributed by atoms with Gasteiger partial charge in [-0.1, -0.05) is 12.1 Å². The second kappa shape index (κ2) is 14.9. The number of phenols is 1. The van der Waals surface area contributed by atoms with E-state index in [2.05, 4.69) is 0 Å². The van der Waals surface area contributed by atoms with Crippen molar-refractivity contribution in [3.63, 3.8) is 0 Å². The van der Waals surface area contributed by atoms with Crippen molar-refractivity contribution >= 4 is 16.4 Å². The summed E-state index contributed by atoms with van der Waals surface area (Å²) in [6.07, 6.45) is 0.211. The van der Waals surface area contributed by atoms with Gasteiger partial charge in [0, 0.05) is 16.4 Å². The van der Waals surface area contributed by atoms with Crippen molar-refractivity contribution in [3.05, 3.63) is 29.8 Å². The molecule has 0 heterocycles. The molecule has 1 rings (SSSR count). The van der Waals surface area contributed by atoms with Crippen LogP contribution in [0.4, 0.5) is 0 Å². The molecule has 0 aliphatic rings. The summed E-state index contributed by atoms with van der Waals surface area (Å²) in [5, 5.41) is 19.2. The van der Waals surface area contributed by atoms with Gasteiger partial charge in [-0.25, -0.2) is 0 Å². The Morgan fingerprint density at radius 3 is 1.76 bits per heavy atom. The van der Waals surface area contributed by atoms with Crippen molar-refractivity contribution in [2.75, 3.05) is 0 Å². The summed E-state index contributed by atoms with van der Waals surface area (Å²) in [6.45, 7) is 0. The zero-order chi connectivity index (χ0) is 14.3. The first-order valence-corrected chi connectivity index (χ1v) is 5.84. The molecule has 0 saturated heterocycles. The van der Waals surface area contributed by atoms with Crippen LogP contribution in [-0.2, 0) is 21.6 Å². The maximum atomic E-state index is 10.3. The second-order valence-electron chi connectivity index (χ2n) is 3.20. The fraction of sp³-hybridized carbons (Fsp3) is 0.222. The molecule has 1 atom stereocenters. The van der Waals surface area contributed by atoms with E-state index in [9.17, 15) is 9.90 Å². The Kier molecular flexibility index (Phi) is 21.4. The molecule has 0 radical (unpaired) electrons. The third kappa shape index (κ3) is 21.3. The van der Waals surface area contributed by atoms with Crippen LogP contribution >= 0.6 is 0 Å². The van der Waals surface area contributed by atoms with Crippen LogP contribution in [0, 0.1) is 0 Å². The van der Waals surface area contributed by atoms with Crippen molar-refractivity contribution in [3.8, 4) is 5.75 Å². The number of hydrogen-bond donors (Lipinski definition) is 2. The number of nitrogens with two attached hydrogens (primary N) is 1. The van der Waals surface area contributed by atoms with E-state index in [4.69, 9.17) is 28.4 Å². The zero-order valence-electron chi connectivity index (χ0n) is 12.0. The minimum atomic E-state index is -5.17. The fourth-order valence-electron chi connectivity index (χ4n) is 0.969. The number of phenolic OH excluding ortho intramolecular Hbond substituents is 1. The smallest absolute Gasteiger partial charge is 0.759 e. The summed E-state index contributed by atoms with van der Waals surface area (Å²) in [6, 6.07) is 5.22. The molecule has 102 valence electrons. The number of aliphatic carboxylic acids is 1. The molecule has 8 nitrogen and oxygen atoms in total. The summed E-state index contributed by atoms with van der Waals surface area (Å²) in [5.74, 6) is -1.13. The molecule has 1 aromatic carbocycles. The van der Waals surface area contributed by atoms with Gasteiger partial charge < -0.3 is 29.8 Å². The number of benzene rings is 1. The topological polar surface area (TPSA) is 167 Å². The predicted molar refractivity (Wildman–Crippen MR) is 55.3 cm³/mol. The number of hydrogen-bond acceptors (Lipinski definition) is 8. The van der Waals surface area contributed by atoms with E-state index in [-0.39, 0.29) is 101 Å². The predicted octanol–water partition coefficient (Wildman–Crippen LogP) is -11.3. The van der Waals surface area contributed by atoms with E-state index in [1.165, 1.54) is 12.1 Å². The van der Waals surface area contributed by atoms with Gasteiger partial charge in [-0.3, -0.25) is 8.42 Å². The summed E-state index contributed by atoms with van der Waals surface area (Å²) in [5.41, 5.74) is 6.02. The molecule has 3 N–H and O–H groups in total. The monoisotopic (exact) mass is 345 g/mol. The molecule has 12 heteroatoms. The zero-order valence-corrected chi connectivity index (χ0v) is 18.8. The molecule has 0 saturated carbocycles. The summed E-state index contributed by atoms with van der Waals surface area (Å²) in [7, 11) is -5.17. The van der Waals surface area contributed by atoms with Gasteiger partial charge in [0.15, 0.2) is 0 Å². The van der Waals surface area contributed by atoms with Crippen molar-refractivity contribution in [1.29, 1.82) is 0 Å². The van der Waals surface area contributed by atoms with Gasteiger partial charge in [0.2, 0.25) is 0 Å². The Labute approximate surface area is 188 Å². The number of carboxylic acid groups (broad SMARTS) is 1. The molecule has 21 heavy (non-hydrogen) atoms. The fourth-order valence-corrected chi connectivity index (χ4v) is 0.969. The van der Waals surface area contributed by atoms with Gasteiger partial charge in [-0.2, -0.15) is 0 Å². The summed E-state index contributed by atoms with van der Waals surface area (Å²) < 4.78 is 34.1. The Hall–Kier alpha value is 1.32. The Balaban J connectivity index is -0.000000159. The third-order valence-electron chi connectivity index (χ3n) is 1.69. The van der Waals surface area contributed by atoms with Crippen LogP contribution in [0.5, 0.6) is 5.75 Å². The van der Waals surface area contributed by atoms with Crippen molar-refractivity contribution in [2.24, 2.45) is 5.73 Å². The molecule has 0 fully saturated rings. The van der Waals surface area contributed by atoms with Crippen LogP contribution in [0.3, 0.4) is 0 Å². The van der Waals surface area contributed by atoms with Gasteiger partial charge in [-0.05, 0) is 24.1 Å². The first-order valence-electron chi connectivity index (χ1n) is 4.50. The molecule has 0 bridgehead atoms. The number of carbonyl (C=O) groups is 1.